The first-order valence-corrected chi connectivity index (χ1v) is 12.2. The number of aromatic nitrogens is 1. The molecule has 0 bridgehead atoms. The van der Waals surface area contributed by atoms with Gasteiger partial charge in [0.15, 0.2) is 0 Å². The van der Waals surface area contributed by atoms with E-state index in [1.54, 1.807) is 0 Å². The van der Waals surface area contributed by atoms with Gasteiger partial charge in [-0.3, -0.25) is 4.98 Å². The Morgan fingerprint density at radius 2 is 1.41 bits per heavy atom. The van der Waals surface area contributed by atoms with E-state index in [-0.39, 0.29) is 11.0 Å². The summed E-state index contributed by atoms with van der Waals surface area (Å²) in [5.41, 5.74) is 9.17. The lowest BCUT2D eigenvalue weighted by atomic mass is 10.1. The molecule has 0 aliphatic carbocycles. The first kappa shape index (κ1) is 21.3. The molecule has 29 heavy (non-hydrogen) atoms. The monoisotopic (exact) mass is 404 g/mol. The third kappa shape index (κ3) is 4.14. The number of pyridine rings is 1. The number of hydrogen-bond donors (Lipinski definition) is 1. The molecule has 0 spiro atoms. The normalized spacial score (nSPS) is 12.3. The average Bonchev–Trinajstić information content (AvgIpc) is 2.70. The molecule has 0 aliphatic heterocycles. The number of hydrogen-bond acceptors (Lipinski definition) is 3. The predicted molar refractivity (Wildman–Crippen MR) is 125 cm³/mol. The van der Waals surface area contributed by atoms with Gasteiger partial charge in [-0.1, -0.05) is 95.3 Å². The van der Waals surface area contributed by atoms with Crippen LogP contribution in [-0.4, -0.2) is 13.3 Å². The van der Waals surface area contributed by atoms with E-state index in [0.29, 0.717) is 6.61 Å². The lowest BCUT2D eigenvalue weighted by Crippen LogP contribution is -2.66. The second kappa shape index (κ2) is 8.52. The van der Waals surface area contributed by atoms with Gasteiger partial charge < -0.3 is 10.2 Å². The van der Waals surface area contributed by atoms with E-state index in [4.69, 9.17) is 10.2 Å². The van der Waals surface area contributed by atoms with Gasteiger partial charge in [0.1, 0.15) is 0 Å². The molecule has 0 unspecified atom stereocenters. The van der Waals surface area contributed by atoms with Crippen LogP contribution in [0.2, 0.25) is 5.04 Å². The van der Waals surface area contributed by atoms with Crippen LogP contribution in [0, 0.1) is 0 Å². The first-order chi connectivity index (χ1) is 13.8. The minimum absolute atomic E-state index is 0.0572. The Kier molecular flexibility index (Phi) is 6.25. The van der Waals surface area contributed by atoms with E-state index in [0.717, 1.165) is 16.9 Å². The second-order valence-corrected chi connectivity index (χ2v) is 13.2. The smallest absolute Gasteiger partial charge is 0.261 e. The number of anilines is 1. The molecule has 0 atom stereocenters. The molecule has 3 rings (SSSR count). The average molecular weight is 405 g/mol. The SMILES string of the molecule is CC(C)c1nccc(CO[Si](c2ccccc2)(c2ccccc2)C(C)(C)C)c1N. The molecule has 0 saturated heterocycles. The van der Waals surface area contributed by atoms with Crippen molar-refractivity contribution in [1.82, 2.24) is 4.98 Å². The van der Waals surface area contributed by atoms with Crippen LogP contribution >= 0.6 is 0 Å². The molecule has 1 aromatic heterocycles. The number of rotatable bonds is 6. The Morgan fingerprint density at radius 3 is 1.86 bits per heavy atom. The van der Waals surface area contributed by atoms with Gasteiger partial charge in [-0.15, -0.1) is 0 Å². The zero-order valence-electron chi connectivity index (χ0n) is 18.1. The Balaban J connectivity index is 2.11. The molecule has 1 heterocycles. The van der Waals surface area contributed by atoms with Gasteiger partial charge in [-0.25, -0.2) is 0 Å². The van der Waals surface area contributed by atoms with E-state index in [1.807, 2.05) is 12.3 Å². The largest absolute Gasteiger partial charge is 0.403 e. The summed E-state index contributed by atoms with van der Waals surface area (Å²) in [4.78, 5) is 4.48. The third-order valence-electron chi connectivity index (χ3n) is 5.52. The molecular formula is C25H32N2OSi. The maximum Gasteiger partial charge on any atom is 0.261 e. The van der Waals surface area contributed by atoms with Crippen molar-refractivity contribution >= 4 is 24.4 Å². The highest BCUT2D eigenvalue weighted by Gasteiger charge is 2.50. The molecule has 0 radical (unpaired) electrons. The van der Waals surface area contributed by atoms with Crippen molar-refractivity contribution < 1.29 is 4.43 Å². The van der Waals surface area contributed by atoms with Crippen molar-refractivity contribution in [3.63, 3.8) is 0 Å². The predicted octanol–water partition coefficient (Wildman–Crippen LogP) is 4.86. The minimum atomic E-state index is -2.58. The number of nitrogen functional groups attached to an aromatic ring is 1. The van der Waals surface area contributed by atoms with E-state index in [9.17, 15) is 0 Å². The maximum atomic E-state index is 7.00. The summed E-state index contributed by atoms with van der Waals surface area (Å²) >= 11 is 0. The second-order valence-electron chi connectivity index (χ2n) is 8.88. The van der Waals surface area contributed by atoms with Crippen LogP contribution < -0.4 is 16.1 Å². The summed E-state index contributed by atoms with van der Waals surface area (Å²) in [5.74, 6) is 0.280. The van der Waals surface area contributed by atoms with Crippen LogP contribution in [-0.2, 0) is 11.0 Å². The summed E-state index contributed by atoms with van der Waals surface area (Å²) in [6.45, 7) is 11.6. The Morgan fingerprint density at radius 1 is 0.897 bits per heavy atom. The van der Waals surface area contributed by atoms with Crippen LogP contribution in [0.4, 0.5) is 5.69 Å². The molecule has 2 N–H and O–H groups in total. The lowest BCUT2D eigenvalue weighted by Gasteiger charge is -2.43. The highest BCUT2D eigenvalue weighted by Crippen LogP contribution is 2.37. The van der Waals surface area contributed by atoms with E-state index in [1.165, 1.54) is 10.4 Å². The van der Waals surface area contributed by atoms with E-state index < -0.39 is 8.32 Å². The first-order valence-electron chi connectivity index (χ1n) is 10.3. The molecular weight excluding hydrogens is 372 g/mol. The van der Waals surface area contributed by atoms with Gasteiger partial charge in [0, 0.05) is 11.8 Å². The quantitative estimate of drug-likeness (QED) is 0.597. The summed E-state index contributed by atoms with van der Waals surface area (Å²) < 4.78 is 7.00. The number of nitrogens with two attached hydrogens (primary N) is 1. The molecule has 4 heteroatoms. The standard InChI is InChI=1S/C25H32N2OSi/c1-19(2)24-23(26)20(16-17-27-24)18-28-29(25(3,4)5,21-12-8-6-9-13-21)22-14-10-7-11-15-22/h6-17,19H,18,26H2,1-5H3. The van der Waals surface area contributed by atoms with Crippen molar-refractivity contribution in [3.05, 3.63) is 84.2 Å². The van der Waals surface area contributed by atoms with Crippen molar-refractivity contribution in [2.75, 3.05) is 5.73 Å². The highest BCUT2D eigenvalue weighted by atomic mass is 28.4. The summed E-state index contributed by atoms with van der Waals surface area (Å²) in [7, 11) is -2.58. The fourth-order valence-electron chi connectivity index (χ4n) is 4.06. The molecule has 2 aromatic carbocycles. The minimum Gasteiger partial charge on any atom is -0.403 e. The number of benzene rings is 2. The highest BCUT2D eigenvalue weighted by molar-refractivity contribution is 6.99. The molecule has 0 aliphatic rings. The van der Waals surface area contributed by atoms with Gasteiger partial charge in [-0.2, -0.15) is 0 Å². The topological polar surface area (TPSA) is 48.1 Å². The van der Waals surface area contributed by atoms with E-state index in [2.05, 4.69) is 100 Å². The van der Waals surface area contributed by atoms with Crippen LogP contribution in [0.25, 0.3) is 0 Å². The number of nitrogens with zero attached hydrogens (tertiary/aromatic N) is 1. The Labute approximate surface area is 176 Å². The van der Waals surface area contributed by atoms with Gasteiger partial charge in [-0.05, 0) is 27.4 Å². The van der Waals surface area contributed by atoms with Gasteiger partial charge in [0.2, 0.25) is 0 Å². The lowest BCUT2D eigenvalue weighted by molar-refractivity contribution is 0.286. The summed E-state index contributed by atoms with van der Waals surface area (Å²) in [5, 5.41) is 2.49. The van der Waals surface area contributed by atoms with Crippen molar-refractivity contribution in [2.24, 2.45) is 0 Å². The third-order valence-corrected chi connectivity index (χ3v) is 10.5. The molecule has 0 saturated carbocycles. The maximum absolute atomic E-state index is 7.00. The van der Waals surface area contributed by atoms with Crippen LogP contribution in [0.15, 0.2) is 72.9 Å². The van der Waals surface area contributed by atoms with Crippen LogP contribution in [0.1, 0.15) is 51.8 Å². The molecule has 152 valence electrons. The zero-order chi connectivity index (χ0) is 21.1. The van der Waals surface area contributed by atoms with Crippen LogP contribution in [0.5, 0.6) is 0 Å². The Bertz CT molecular complexity index is 895. The van der Waals surface area contributed by atoms with Gasteiger partial charge >= 0.3 is 0 Å². The summed E-state index contributed by atoms with van der Waals surface area (Å²) in [6.07, 6.45) is 1.84. The van der Waals surface area contributed by atoms with Gasteiger partial charge in [0.25, 0.3) is 8.32 Å². The molecule has 3 nitrogen and oxygen atoms in total. The van der Waals surface area contributed by atoms with Crippen molar-refractivity contribution in [3.8, 4) is 0 Å². The van der Waals surface area contributed by atoms with Crippen molar-refractivity contribution in [2.45, 2.75) is 52.2 Å². The van der Waals surface area contributed by atoms with Gasteiger partial charge in [0.05, 0.1) is 18.0 Å². The molecule has 0 amide bonds. The fraction of sp³-hybridized carbons (Fsp3) is 0.320. The zero-order valence-corrected chi connectivity index (χ0v) is 19.1. The van der Waals surface area contributed by atoms with Crippen LogP contribution in [0.3, 0.4) is 0 Å². The molecule has 3 aromatic rings. The summed E-state index contributed by atoms with van der Waals surface area (Å²) in [6, 6.07) is 23.4. The van der Waals surface area contributed by atoms with E-state index >= 15 is 0 Å². The molecule has 0 fully saturated rings. The van der Waals surface area contributed by atoms with Crippen molar-refractivity contribution in [1.29, 1.82) is 0 Å². The Hall–Kier alpha value is -2.43. The fourth-order valence-corrected chi connectivity index (χ4v) is 8.59.